The molecule has 0 amide bonds. The first-order valence-electron chi connectivity index (χ1n) is 9.97. The van der Waals surface area contributed by atoms with Gasteiger partial charge in [0.25, 0.3) is 0 Å². The summed E-state index contributed by atoms with van der Waals surface area (Å²) in [6.07, 6.45) is -0.258. The van der Waals surface area contributed by atoms with Gasteiger partial charge in [0, 0.05) is 12.5 Å². The summed E-state index contributed by atoms with van der Waals surface area (Å²) in [6.45, 7) is 2.25. The van der Waals surface area contributed by atoms with Crippen LogP contribution in [0.4, 0.5) is 0 Å². The monoisotopic (exact) mass is 501 g/mol. The van der Waals surface area contributed by atoms with Gasteiger partial charge >= 0.3 is 0 Å². The van der Waals surface area contributed by atoms with E-state index < -0.39 is 10.0 Å². The van der Waals surface area contributed by atoms with E-state index in [1.165, 1.54) is 4.31 Å². The SMILES string of the molecule is COc1ccc([C@H]2CN(S(=O)(=O)c3ccc(C)cc3)CO[C@@H]2c2ccccc2)cc1Br. The van der Waals surface area contributed by atoms with Crippen LogP contribution in [-0.2, 0) is 14.8 Å². The Labute approximate surface area is 191 Å². The van der Waals surface area contributed by atoms with Crippen molar-refractivity contribution in [3.63, 3.8) is 0 Å². The molecular formula is C24H24BrNO4S. The zero-order valence-corrected chi connectivity index (χ0v) is 19.8. The van der Waals surface area contributed by atoms with Crippen LogP contribution in [0.2, 0.25) is 0 Å². The third kappa shape index (κ3) is 4.55. The van der Waals surface area contributed by atoms with E-state index in [0.717, 1.165) is 26.9 Å². The van der Waals surface area contributed by atoms with E-state index in [2.05, 4.69) is 15.9 Å². The van der Waals surface area contributed by atoms with Gasteiger partial charge in [-0.25, -0.2) is 8.42 Å². The second kappa shape index (κ2) is 9.12. The summed E-state index contributed by atoms with van der Waals surface area (Å²) in [5.41, 5.74) is 3.01. The second-order valence-electron chi connectivity index (χ2n) is 7.58. The Morgan fingerprint density at radius 3 is 2.35 bits per heavy atom. The molecule has 1 aliphatic heterocycles. The highest BCUT2D eigenvalue weighted by Gasteiger charge is 2.38. The first kappa shape index (κ1) is 22.0. The lowest BCUT2D eigenvalue weighted by Crippen LogP contribution is -2.43. The van der Waals surface area contributed by atoms with Crippen molar-refractivity contribution in [2.24, 2.45) is 0 Å². The van der Waals surface area contributed by atoms with Gasteiger partial charge in [-0.15, -0.1) is 0 Å². The van der Waals surface area contributed by atoms with E-state index in [-0.39, 0.29) is 23.6 Å². The van der Waals surface area contributed by atoms with E-state index in [9.17, 15) is 8.42 Å². The molecule has 2 atom stereocenters. The van der Waals surface area contributed by atoms with Gasteiger partial charge in [0.05, 0.1) is 22.6 Å². The molecule has 0 spiro atoms. The van der Waals surface area contributed by atoms with Gasteiger partial charge in [-0.05, 0) is 58.2 Å². The molecule has 162 valence electrons. The molecular weight excluding hydrogens is 478 g/mol. The fraction of sp³-hybridized carbons (Fsp3) is 0.250. The summed E-state index contributed by atoms with van der Waals surface area (Å²) >= 11 is 3.55. The largest absolute Gasteiger partial charge is 0.496 e. The molecule has 0 radical (unpaired) electrons. The number of hydrogen-bond donors (Lipinski definition) is 0. The molecule has 1 saturated heterocycles. The summed E-state index contributed by atoms with van der Waals surface area (Å²) in [7, 11) is -2.06. The highest BCUT2D eigenvalue weighted by atomic mass is 79.9. The molecule has 7 heteroatoms. The number of halogens is 1. The van der Waals surface area contributed by atoms with E-state index in [4.69, 9.17) is 9.47 Å². The van der Waals surface area contributed by atoms with Crippen LogP contribution in [-0.4, -0.2) is 33.1 Å². The molecule has 1 fully saturated rings. The van der Waals surface area contributed by atoms with Crippen molar-refractivity contribution in [1.29, 1.82) is 0 Å². The van der Waals surface area contributed by atoms with Crippen LogP contribution in [0.5, 0.6) is 5.75 Å². The number of aryl methyl sites for hydroxylation is 1. The van der Waals surface area contributed by atoms with Gasteiger partial charge in [-0.1, -0.05) is 54.1 Å². The number of benzene rings is 3. The van der Waals surface area contributed by atoms with E-state index >= 15 is 0 Å². The number of hydrogen-bond acceptors (Lipinski definition) is 4. The normalized spacial score (nSPS) is 19.8. The Hall–Kier alpha value is -2.19. The molecule has 0 aromatic heterocycles. The minimum absolute atomic E-state index is 0.00357. The molecule has 3 aromatic carbocycles. The second-order valence-corrected chi connectivity index (χ2v) is 10.4. The molecule has 4 rings (SSSR count). The van der Waals surface area contributed by atoms with Crippen LogP contribution < -0.4 is 4.74 Å². The molecule has 0 bridgehead atoms. The minimum Gasteiger partial charge on any atom is -0.496 e. The number of ether oxygens (including phenoxy) is 2. The van der Waals surface area contributed by atoms with Crippen molar-refractivity contribution < 1.29 is 17.9 Å². The van der Waals surface area contributed by atoms with E-state index in [1.54, 1.807) is 19.2 Å². The average Bonchev–Trinajstić information content (AvgIpc) is 2.79. The first-order chi connectivity index (χ1) is 14.9. The van der Waals surface area contributed by atoms with Gasteiger partial charge in [-0.3, -0.25) is 0 Å². The number of sulfonamides is 1. The van der Waals surface area contributed by atoms with Crippen molar-refractivity contribution in [3.8, 4) is 5.75 Å². The number of rotatable bonds is 5. The van der Waals surface area contributed by atoms with E-state index in [1.807, 2.05) is 67.6 Å². The molecule has 0 saturated carbocycles. The summed E-state index contributed by atoms with van der Waals surface area (Å²) in [6, 6.07) is 22.7. The maximum absolute atomic E-state index is 13.3. The Kier molecular flexibility index (Phi) is 6.48. The van der Waals surface area contributed by atoms with Crippen LogP contribution in [0, 0.1) is 6.92 Å². The number of methoxy groups -OCH3 is 1. The predicted octanol–water partition coefficient (Wildman–Crippen LogP) is 5.27. The number of nitrogens with zero attached hydrogens (tertiary/aromatic N) is 1. The Morgan fingerprint density at radius 2 is 1.71 bits per heavy atom. The van der Waals surface area contributed by atoms with Crippen LogP contribution in [0.15, 0.2) is 82.2 Å². The Bertz CT molecular complexity index is 1150. The molecule has 0 aliphatic carbocycles. The van der Waals surface area contributed by atoms with Crippen LogP contribution >= 0.6 is 15.9 Å². The highest BCUT2D eigenvalue weighted by molar-refractivity contribution is 9.10. The summed E-state index contributed by atoms with van der Waals surface area (Å²) < 4.78 is 40.4. The lowest BCUT2D eigenvalue weighted by Gasteiger charge is -2.38. The molecule has 0 unspecified atom stereocenters. The van der Waals surface area contributed by atoms with Crippen LogP contribution in [0.3, 0.4) is 0 Å². The van der Waals surface area contributed by atoms with Crippen LogP contribution in [0.25, 0.3) is 0 Å². The zero-order chi connectivity index (χ0) is 22.0. The van der Waals surface area contributed by atoms with E-state index in [0.29, 0.717) is 6.54 Å². The third-order valence-corrected chi connectivity index (χ3v) is 7.98. The summed E-state index contributed by atoms with van der Waals surface area (Å²) in [4.78, 5) is 0.273. The van der Waals surface area contributed by atoms with Gasteiger partial charge in [0.2, 0.25) is 10.0 Å². The standard InChI is InChI=1S/C24H24BrNO4S/c1-17-8-11-20(12-9-17)31(27,28)26-15-21(19-10-13-23(29-2)22(25)14-19)24(30-16-26)18-6-4-3-5-7-18/h3-14,21,24H,15-16H2,1-2H3/t21-,24-/m1/s1. The Balaban J connectivity index is 1.71. The highest BCUT2D eigenvalue weighted by Crippen LogP contribution is 2.41. The Morgan fingerprint density at radius 1 is 1.00 bits per heavy atom. The van der Waals surface area contributed by atoms with Crippen molar-refractivity contribution in [2.75, 3.05) is 20.4 Å². The van der Waals surface area contributed by atoms with Crippen molar-refractivity contribution in [1.82, 2.24) is 4.31 Å². The fourth-order valence-electron chi connectivity index (χ4n) is 3.84. The quantitative estimate of drug-likeness (QED) is 0.477. The molecule has 5 nitrogen and oxygen atoms in total. The lowest BCUT2D eigenvalue weighted by molar-refractivity contribution is -0.0511. The molecule has 0 N–H and O–H groups in total. The van der Waals surface area contributed by atoms with Crippen molar-refractivity contribution in [2.45, 2.75) is 23.8 Å². The van der Waals surface area contributed by atoms with Crippen molar-refractivity contribution in [3.05, 3.63) is 94.0 Å². The topological polar surface area (TPSA) is 55.8 Å². The third-order valence-electron chi connectivity index (χ3n) is 5.55. The first-order valence-corrected chi connectivity index (χ1v) is 12.2. The maximum Gasteiger partial charge on any atom is 0.245 e. The molecule has 1 heterocycles. The summed E-state index contributed by atoms with van der Waals surface area (Å²) in [5.74, 6) is 0.541. The maximum atomic E-state index is 13.3. The predicted molar refractivity (Wildman–Crippen MR) is 124 cm³/mol. The molecule has 31 heavy (non-hydrogen) atoms. The zero-order valence-electron chi connectivity index (χ0n) is 17.4. The smallest absolute Gasteiger partial charge is 0.245 e. The van der Waals surface area contributed by atoms with Crippen molar-refractivity contribution >= 4 is 26.0 Å². The van der Waals surface area contributed by atoms with Gasteiger partial charge in [-0.2, -0.15) is 4.31 Å². The van der Waals surface area contributed by atoms with Gasteiger partial charge in [0.15, 0.2) is 0 Å². The minimum atomic E-state index is -3.68. The average molecular weight is 502 g/mol. The van der Waals surface area contributed by atoms with Crippen LogP contribution in [0.1, 0.15) is 28.7 Å². The molecule has 1 aliphatic rings. The van der Waals surface area contributed by atoms with Gasteiger partial charge < -0.3 is 9.47 Å². The fourth-order valence-corrected chi connectivity index (χ4v) is 5.73. The summed E-state index contributed by atoms with van der Waals surface area (Å²) in [5, 5.41) is 0. The lowest BCUT2D eigenvalue weighted by atomic mass is 9.88. The van der Waals surface area contributed by atoms with Gasteiger partial charge in [0.1, 0.15) is 12.5 Å². The molecule has 3 aromatic rings.